The molecule has 10 heteroatoms. The summed E-state index contributed by atoms with van der Waals surface area (Å²) in [6.45, 7) is 1.44. The van der Waals surface area contributed by atoms with E-state index in [9.17, 15) is 10.2 Å². The Bertz CT molecular complexity index is 8810. The highest BCUT2D eigenvalue weighted by Crippen LogP contribution is 2.97. The maximum Gasteiger partial charge on any atom is 0.326 e. The van der Waals surface area contributed by atoms with Crippen LogP contribution in [0.15, 0.2) is 0 Å². The van der Waals surface area contributed by atoms with Crippen molar-refractivity contribution in [3.63, 3.8) is 0 Å². The standard InChI is InChI=1S/C85H26O10/c86-1-3-90-5-7-92-9-11-94-81(88)85(82(89)95-12-10-93-8-6-91-4-2-87)83-77-69-61-51-41-34-25-19-13-14-16-18-17-15(13)21-28-23(17)32-33-24(18)29-22(16)31-27(20(14)25)36-42(34)52(51)62-56-46(36)38(31)48-40(29)50-44(33)54-53-43(32)49-39(28)47-37-30(21)26(19)35(41)45(37)55(61)65-59(47)67-57(49)63(53)71-72-64(54)58(50)68-60(48)66(56)74(78(83)70(62)69)76(68)80(72)84(83,85)79(71)75(67)73(65)77/h86-87H,1-12H2. The highest BCUT2D eigenvalue weighted by molar-refractivity contribution is 6.84. The van der Waals surface area contributed by atoms with Crippen LogP contribution in [0.2, 0.25) is 0 Å². The molecule has 0 bridgehead atoms. The van der Waals surface area contributed by atoms with Gasteiger partial charge in [-0.15, -0.1) is 0 Å². The van der Waals surface area contributed by atoms with E-state index >= 15 is 9.59 Å². The number of ether oxygens (including phenoxy) is 6. The van der Waals surface area contributed by atoms with Crippen LogP contribution < -0.4 is 0 Å². The van der Waals surface area contributed by atoms with Crippen molar-refractivity contribution in [1.29, 1.82) is 0 Å². The van der Waals surface area contributed by atoms with Gasteiger partial charge in [-0.2, -0.15) is 0 Å². The fourth-order valence-electron chi connectivity index (χ4n) is 30.4. The predicted octanol–water partition coefficient (Wildman–Crippen LogP) is 17.4. The van der Waals surface area contributed by atoms with E-state index < -0.39 is 28.2 Å². The van der Waals surface area contributed by atoms with Crippen LogP contribution in [0.4, 0.5) is 0 Å². The lowest BCUT2D eigenvalue weighted by Gasteiger charge is -2.32. The van der Waals surface area contributed by atoms with Crippen LogP contribution in [0.3, 0.4) is 0 Å². The number of esters is 2. The van der Waals surface area contributed by atoms with Gasteiger partial charge in [0, 0.05) is 0 Å². The molecule has 426 valence electrons. The average Bonchev–Trinajstić information content (AvgIpc) is 1.36. The first-order valence-electron chi connectivity index (χ1n) is 34.6. The Morgan fingerprint density at radius 3 is 0.463 bits per heavy atom. The van der Waals surface area contributed by atoms with Gasteiger partial charge >= 0.3 is 11.9 Å². The molecular formula is C85H26O10. The summed E-state index contributed by atoms with van der Waals surface area (Å²) >= 11 is 0. The molecule has 33 aromatic carbocycles. The van der Waals surface area contributed by atoms with Gasteiger partial charge in [0.25, 0.3) is 0 Å². The maximum absolute atomic E-state index is 17.7. The molecule has 10 nitrogen and oxygen atoms in total. The molecule has 0 radical (unpaired) electrons. The van der Waals surface area contributed by atoms with Crippen LogP contribution in [0.25, 0.3) is 345 Å². The quantitative estimate of drug-likeness (QED) is 0.0282. The summed E-state index contributed by atoms with van der Waals surface area (Å²) in [6.07, 6.45) is 0. The summed E-state index contributed by atoms with van der Waals surface area (Å²) in [6, 6.07) is 0. The summed E-state index contributed by atoms with van der Waals surface area (Å²) in [4.78, 5) is 35.5. The second-order valence-corrected chi connectivity index (χ2v) is 31.9. The van der Waals surface area contributed by atoms with Gasteiger partial charge in [-0.05, 0) is 367 Å². The molecule has 0 atom stereocenters. The van der Waals surface area contributed by atoms with Crippen LogP contribution in [0, 0.1) is 5.41 Å². The number of carbonyl (C=O) groups is 2. The molecule has 0 heterocycles. The zero-order valence-corrected chi connectivity index (χ0v) is 49.1. The molecular weight excluding hydrogens is 1180 g/mol. The first-order chi connectivity index (χ1) is 47.2. The zero-order valence-electron chi connectivity index (χ0n) is 49.1. The maximum atomic E-state index is 17.7. The van der Waals surface area contributed by atoms with Crippen LogP contribution in [0.1, 0.15) is 22.3 Å². The average molecular weight is 1210 g/mol. The van der Waals surface area contributed by atoms with Gasteiger partial charge < -0.3 is 38.6 Å². The summed E-state index contributed by atoms with van der Waals surface area (Å²) in [5.41, 5.74) is 0.265. The van der Waals surface area contributed by atoms with Crippen molar-refractivity contribution in [3.8, 4) is 0 Å². The van der Waals surface area contributed by atoms with E-state index in [0.29, 0.717) is 13.2 Å². The largest absolute Gasteiger partial charge is 0.462 e. The number of benzene rings is 23. The smallest absolute Gasteiger partial charge is 0.326 e. The Hall–Kier alpha value is -10.1. The molecule has 1 fully saturated rings. The molecule has 0 amide bonds. The van der Waals surface area contributed by atoms with Crippen molar-refractivity contribution in [3.05, 3.63) is 22.3 Å². The summed E-state index contributed by atoms with van der Waals surface area (Å²) in [5, 5.41) is 112. The fraction of sp³-hybridized carbons (Fsp3) is 0.176. The Labute approximate surface area is 519 Å². The SMILES string of the molecule is O=C(OCCOCCOCCO)C1(C(=O)OCCOCCOCCO)C23c4c5c6c7c8c9c(c%10c%11c2c2c4c4c%12c5c5c6c6c8c8c%13c9c9c%10c%10c%11c%11c2c2c4c4c%14c%12c%12c5c5c6c8c6c8c%13c9c9c%10c%10c%11c%11c2c4c2c4c%14c%12c%12c5c6c5c6c8c9c8c%10c%11c2c(c86)c4c%125)C713. The van der Waals surface area contributed by atoms with Crippen LogP contribution in [-0.2, 0) is 48.8 Å². The Morgan fingerprint density at radius 1 is 0.189 bits per heavy atom. The number of hydrogen-bond acceptors (Lipinski definition) is 10. The van der Waals surface area contributed by atoms with Crippen molar-refractivity contribution < 1.29 is 48.2 Å². The monoisotopic (exact) mass is 1210 g/mol. The second kappa shape index (κ2) is 10.3. The fourth-order valence-corrected chi connectivity index (χ4v) is 30.4. The number of hydrogen-bond donors (Lipinski definition) is 2. The molecule has 38 rings (SSSR count). The molecule has 1 saturated carbocycles. The Kier molecular flexibility index (Phi) is 4.45. The molecule has 2 spiro atoms. The van der Waals surface area contributed by atoms with Gasteiger partial charge in [0.2, 0.25) is 0 Å². The zero-order chi connectivity index (χ0) is 58.6. The number of aliphatic hydroxyl groups excluding tert-OH is 2. The van der Waals surface area contributed by atoms with Gasteiger partial charge in [0.05, 0.1) is 76.9 Å². The van der Waals surface area contributed by atoms with Crippen LogP contribution >= 0.6 is 0 Å². The van der Waals surface area contributed by atoms with Gasteiger partial charge in [0.1, 0.15) is 13.2 Å². The third kappa shape index (κ3) is 2.53. The minimum absolute atomic E-state index is 0.0695. The lowest BCUT2D eigenvalue weighted by molar-refractivity contribution is -0.168. The molecule has 0 aliphatic heterocycles. The molecule has 5 aliphatic rings. The van der Waals surface area contributed by atoms with Crippen molar-refractivity contribution in [2.75, 3.05) is 79.3 Å². The Balaban J connectivity index is 0.870. The first kappa shape index (κ1) is 40.9. The van der Waals surface area contributed by atoms with E-state index in [1.54, 1.807) is 53.9 Å². The molecule has 0 unspecified atom stereocenters. The predicted molar refractivity (Wildman–Crippen MR) is 379 cm³/mol. The van der Waals surface area contributed by atoms with E-state index in [1.165, 1.54) is 313 Å². The van der Waals surface area contributed by atoms with Gasteiger partial charge in [-0.25, -0.2) is 0 Å². The lowest BCUT2D eigenvalue weighted by Crippen LogP contribution is -2.39. The van der Waals surface area contributed by atoms with Gasteiger partial charge in [0.15, 0.2) is 5.41 Å². The minimum Gasteiger partial charge on any atom is -0.462 e. The normalized spacial score (nSPS) is 18.6. The van der Waals surface area contributed by atoms with E-state index in [1.807, 2.05) is 0 Å². The van der Waals surface area contributed by atoms with E-state index in [0.717, 1.165) is 0 Å². The third-order valence-electron chi connectivity index (χ3n) is 30.9. The second-order valence-electron chi connectivity index (χ2n) is 31.9. The molecule has 33 aromatic rings. The summed E-state index contributed by atoms with van der Waals surface area (Å²) < 4.78 is 37.7. The first-order valence-corrected chi connectivity index (χ1v) is 34.6. The minimum atomic E-state index is -1.93. The highest BCUT2D eigenvalue weighted by atomic mass is 16.6. The van der Waals surface area contributed by atoms with Crippen molar-refractivity contribution in [2.24, 2.45) is 5.41 Å². The van der Waals surface area contributed by atoms with Crippen molar-refractivity contribution in [1.82, 2.24) is 0 Å². The van der Waals surface area contributed by atoms with E-state index in [2.05, 4.69) is 0 Å². The molecule has 2 N–H and O–H groups in total. The molecule has 95 heavy (non-hydrogen) atoms. The van der Waals surface area contributed by atoms with E-state index in [-0.39, 0.29) is 66.1 Å². The number of rotatable bonds is 18. The van der Waals surface area contributed by atoms with Crippen LogP contribution in [-0.4, -0.2) is 101 Å². The number of aliphatic hydroxyl groups is 2. The molecule has 0 saturated heterocycles. The molecule has 5 aliphatic carbocycles. The summed E-state index contributed by atoms with van der Waals surface area (Å²) in [7, 11) is 0. The number of carbonyl (C=O) groups excluding carboxylic acids is 2. The lowest BCUT2D eigenvalue weighted by atomic mass is 9.68. The third-order valence-corrected chi connectivity index (χ3v) is 30.9. The Morgan fingerprint density at radius 2 is 0.316 bits per heavy atom. The van der Waals surface area contributed by atoms with Crippen LogP contribution in [0.5, 0.6) is 0 Å². The summed E-state index contributed by atoms with van der Waals surface area (Å²) in [5.74, 6) is -1.07. The highest BCUT2D eigenvalue weighted by Gasteiger charge is 3.01. The van der Waals surface area contributed by atoms with E-state index in [4.69, 9.17) is 28.4 Å². The van der Waals surface area contributed by atoms with Gasteiger partial charge in [-0.1, -0.05) is 0 Å². The van der Waals surface area contributed by atoms with Crippen molar-refractivity contribution in [2.45, 2.75) is 10.8 Å². The van der Waals surface area contributed by atoms with Crippen molar-refractivity contribution >= 4 is 357 Å². The molecule has 0 aromatic heterocycles. The topological polar surface area (TPSA) is 130 Å². The van der Waals surface area contributed by atoms with Gasteiger partial charge in [-0.3, -0.25) is 9.59 Å².